The van der Waals surface area contributed by atoms with Crippen LogP contribution in [0, 0.1) is 0 Å². The lowest BCUT2D eigenvalue weighted by Crippen LogP contribution is -2.48. The Kier molecular flexibility index (Phi) is 11.2. The van der Waals surface area contributed by atoms with Crippen molar-refractivity contribution in [2.45, 2.75) is 57.6 Å². The number of carboxylic acids is 3. The molecule has 0 unspecified atom stereocenters. The molecule has 0 aliphatic carbocycles. The van der Waals surface area contributed by atoms with Crippen LogP contribution < -0.4 is 15.4 Å². The normalized spacial score (nSPS) is 11.4. The molecule has 1 rings (SSSR count). The number of carbonyl (C=O) groups is 5. The molecule has 0 aromatic heterocycles. The standard InChI is InChI=1S/C21H28N2O9/c1-2-3-4-11-22-19(27)15(23-16(24)9-10-17(25)26)12-13-5-7-14(8-6-13)32-18(20(28)29)21(30)31/h5-8,15,18H,2-4,9-12H2,1H3,(H,22,27)(H,23,24)(H,25,26)(H,28,29)(H,30,31)/t15-/m1/s1. The van der Waals surface area contributed by atoms with E-state index in [1.165, 1.54) is 24.3 Å². The molecule has 2 amide bonds. The van der Waals surface area contributed by atoms with Gasteiger partial charge in [0.25, 0.3) is 6.10 Å². The fraction of sp³-hybridized carbons (Fsp3) is 0.476. The number of hydrogen-bond acceptors (Lipinski definition) is 6. The molecule has 176 valence electrons. The minimum Gasteiger partial charge on any atom is -0.481 e. The molecule has 11 nitrogen and oxygen atoms in total. The quantitative estimate of drug-likeness (QED) is 0.190. The van der Waals surface area contributed by atoms with Gasteiger partial charge in [-0.15, -0.1) is 0 Å². The van der Waals surface area contributed by atoms with Crippen LogP contribution in [0.2, 0.25) is 0 Å². The van der Waals surface area contributed by atoms with Crippen LogP contribution in [0.15, 0.2) is 24.3 Å². The molecule has 32 heavy (non-hydrogen) atoms. The number of hydrogen-bond donors (Lipinski definition) is 5. The number of unbranched alkanes of at least 4 members (excludes halogenated alkanes) is 2. The molecule has 0 aliphatic heterocycles. The van der Waals surface area contributed by atoms with Crippen molar-refractivity contribution in [3.63, 3.8) is 0 Å². The number of rotatable bonds is 15. The Morgan fingerprint density at radius 1 is 0.938 bits per heavy atom. The molecule has 5 N–H and O–H groups in total. The second-order valence-electron chi connectivity index (χ2n) is 7.03. The number of aliphatic carboxylic acids is 3. The highest BCUT2D eigenvalue weighted by molar-refractivity contribution is 5.96. The zero-order valence-electron chi connectivity index (χ0n) is 17.7. The highest BCUT2D eigenvalue weighted by atomic mass is 16.5. The van der Waals surface area contributed by atoms with Gasteiger partial charge in [-0.05, 0) is 24.1 Å². The van der Waals surface area contributed by atoms with E-state index >= 15 is 0 Å². The van der Waals surface area contributed by atoms with Crippen LogP contribution in [0.5, 0.6) is 5.75 Å². The summed E-state index contributed by atoms with van der Waals surface area (Å²) >= 11 is 0. The van der Waals surface area contributed by atoms with Crippen LogP contribution in [0.1, 0.15) is 44.6 Å². The van der Waals surface area contributed by atoms with Crippen molar-refractivity contribution in [3.8, 4) is 5.75 Å². The smallest absolute Gasteiger partial charge is 0.356 e. The Labute approximate surface area is 184 Å². The Bertz CT molecular complexity index is 794. The van der Waals surface area contributed by atoms with E-state index in [2.05, 4.69) is 10.6 Å². The molecule has 1 aromatic carbocycles. The first-order chi connectivity index (χ1) is 15.1. The van der Waals surface area contributed by atoms with Crippen molar-refractivity contribution in [2.75, 3.05) is 6.54 Å². The van der Waals surface area contributed by atoms with Crippen molar-refractivity contribution in [1.82, 2.24) is 10.6 Å². The Morgan fingerprint density at radius 2 is 1.56 bits per heavy atom. The lowest BCUT2D eigenvalue weighted by atomic mass is 10.0. The lowest BCUT2D eigenvalue weighted by molar-refractivity contribution is -0.159. The largest absolute Gasteiger partial charge is 0.481 e. The molecular weight excluding hydrogens is 424 g/mol. The van der Waals surface area contributed by atoms with Gasteiger partial charge in [0.1, 0.15) is 11.8 Å². The Balaban J connectivity index is 2.84. The van der Waals surface area contributed by atoms with E-state index in [4.69, 9.17) is 20.1 Å². The molecule has 11 heteroatoms. The monoisotopic (exact) mass is 452 g/mol. The molecule has 0 bridgehead atoms. The molecule has 0 saturated heterocycles. The van der Waals surface area contributed by atoms with Crippen LogP contribution in [-0.2, 0) is 30.4 Å². The summed E-state index contributed by atoms with van der Waals surface area (Å²) in [4.78, 5) is 57.1. The maximum Gasteiger partial charge on any atom is 0.356 e. The van der Waals surface area contributed by atoms with Crippen LogP contribution in [0.4, 0.5) is 0 Å². The van der Waals surface area contributed by atoms with E-state index in [0.717, 1.165) is 19.3 Å². The number of amides is 2. The summed E-state index contributed by atoms with van der Waals surface area (Å²) in [6, 6.07) is 4.79. The van der Waals surface area contributed by atoms with Crippen molar-refractivity contribution < 1.29 is 44.0 Å². The van der Waals surface area contributed by atoms with E-state index in [9.17, 15) is 24.0 Å². The van der Waals surface area contributed by atoms with E-state index in [1.54, 1.807) is 0 Å². The predicted octanol–water partition coefficient (Wildman–Crippen LogP) is 0.802. The maximum absolute atomic E-state index is 12.5. The lowest BCUT2D eigenvalue weighted by Gasteiger charge is -2.19. The van der Waals surface area contributed by atoms with Gasteiger partial charge in [-0.3, -0.25) is 14.4 Å². The second kappa shape index (κ2) is 13.6. The van der Waals surface area contributed by atoms with Gasteiger partial charge in [0.05, 0.1) is 6.42 Å². The Hall–Kier alpha value is -3.63. The average Bonchev–Trinajstić information content (AvgIpc) is 2.73. The van der Waals surface area contributed by atoms with E-state index in [0.29, 0.717) is 12.1 Å². The molecule has 0 radical (unpaired) electrons. The van der Waals surface area contributed by atoms with Crippen molar-refractivity contribution >= 4 is 29.7 Å². The summed E-state index contributed by atoms with van der Waals surface area (Å²) in [6.45, 7) is 2.46. The van der Waals surface area contributed by atoms with Gasteiger partial charge in [-0.2, -0.15) is 0 Å². The summed E-state index contributed by atoms with van der Waals surface area (Å²) in [5.74, 6) is -5.41. The zero-order valence-corrected chi connectivity index (χ0v) is 17.7. The molecule has 0 aliphatic rings. The van der Waals surface area contributed by atoms with Gasteiger partial charge in [0, 0.05) is 19.4 Å². The highest BCUT2D eigenvalue weighted by Gasteiger charge is 2.28. The van der Waals surface area contributed by atoms with Crippen LogP contribution in [0.25, 0.3) is 0 Å². The third-order valence-corrected chi connectivity index (χ3v) is 4.36. The van der Waals surface area contributed by atoms with Crippen LogP contribution >= 0.6 is 0 Å². The van der Waals surface area contributed by atoms with Crippen LogP contribution in [-0.4, -0.2) is 63.7 Å². The van der Waals surface area contributed by atoms with Gasteiger partial charge in [-0.1, -0.05) is 31.9 Å². The molecule has 0 saturated carbocycles. The van der Waals surface area contributed by atoms with Gasteiger partial charge >= 0.3 is 17.9 Å². The summed E-state index contributed by atoms with van der Waals surface area (Å²) < 4.78 is 4.94. The number of benzene rings is 1. The summed E-state index contributed by atoms with van der Waals surface area (Å²) in [7, 11) is 0. The average molecular weight is 452 g/mol. The summed E-state index contributed by atoms with van der Waals surface area (Å²) in [5.41, 5.74) is 0.590. The van der Waals surface area contributed by atoms with Gasteiger partial charge < -0.3 is 30.7 Å². The first-order valence-electron chi connectivity index (χ1n) is 10.1. The third kappa shape index (κ3) is 9.92. The van der Waals surface area contributed by atoms with Gasteiger partial charge in [0.15, 0.2) is 0 Å². The zero-order chi connectivity index (χ0) is 24.1. The number of nitrogens with one attached hydrogen (secondary N) is 2. The fourth-order valence-electron chi connectivity index (χ4n) is 2.69. The maximum atomic E-state index is 12.5. The minimum atomic E-state index is -2.06. The molecular formula is C21H28N2O9. The molecule has 1 atom stereocenters. The number of carboxylic acid groups (broad SMARTS) is 3. The number of carbonyl (C=O) groups excluding carboxylic acids is 2. The second-order valence-corrected chi connectivity index (χ2v) is 7.03. The van der Waals surface area contributed by atoms with E-state index in [1.807, 2.05) is 6.92 Å². The minimum absolute atomic E-state index is 0.00890. The summed E-state index contributed by atoms with van der Waals surface area (Å²) in [6.07, 6.45) is 0.0817. The topological polar surface area (TPSA) is 179 Å². The summed E-state index contributed by atoms with van der Waals surface area (Å²) in [5, 5.41) is 31.8. The molecule has 0 heterocycles. The molecule has 0 fully saturated rings. The first-order valence-corrected chi connectivity index (χ1v) is 10.1. The first kappa shape index (κ1) is 26.4. The fourth-order valence-corrected chi connectivity index (χ4v) is 2.69. The molecule has 1 aromatic rings. The Morgan fingerprint density at radius 3 is 2.09 bits per heavy atom. The number of ether oxygens (including phenoxy) is 1. The van der Waals surface area contributed by atoms with E-state index < -0.39 is 41.9 Å². The molecule has 0 spiro atoms. The predicted molar refractivity (Wildman–Crippen MR) is 111 cm³/mol. The van der Waals surface area contributed by atoms with E-state index in [-0.39, 0.29) is 25.0 Å². The van der Waals surface area contributed by atoms with Crippen molar-refractivity contribution in [1.29, 1.82) is 0 Å². The van der Waals surface area contributed by atoms with Crippen molar-refractivity contribution in [2.24, 2.45) is 0 Å². The van der Waals surface area contributed by atoms with Gasteiger partial charge in [-0.25, -0.2) is 9.59 Å². The third-order valence-electron chi connectivity index (χ3n) is 4.36. The highest BCUT2D eigenvalue weighted by Crippen LogP contribution is 2.16. The SMILES string of the molecule is CCCCCNC(=O)[C@@H](Cc1ccc(OC(C(=O)O)C(=O)O)cc1)NC(=O)CCC(=O)O. The van der Waals surface area contributed by atoms with Crippen LogP contribution in [0.3, 0.4) is 0 Å². The van der Waals surface area contributed by atoms with Crippen molar-refractivity contribution in [3.05, 3.63) is 29.8 Å². The van der Waals surface area contributed by atoms with Gasteiger partial charge in [0.2, 0.25) is 11.8 Å².